The fourth-order valence-corrected chi connectivity index (χ4v) is 2.88. The summed E-state index contributed by atoms with van der Waals surface area (Å²) in [6, 6.07) is 13.3. The SMILES string of the molecule is O=C(NCC1COc2ccccc2O1)c1cccc2c1COC2. The fraction of sp³-hybridized carbons (Fsp3) is 0.278. The van der Waals surface area contributed by atoms with E-state index < -0.39 is 0 Å². The van der Waals surface area contributed by atoms with Crippen molar-refractivity contribution in [2.24, 2.45) is 0 Å². The van der Waals surface area contributed by atoms with Gasteiger partial charge in [0.05, 0.1) is 19.8 Å². The van der Waals surface area contributed by atoms with E-state index in [-0.39, 0.29) is 12.0 Å². The van der Waals surface area contributed by atoms with Gasteiger partial charge in [-0.15, -0.1) is 0 Å². The van der Waals surface area contributed by atoms with Crippen molar-refractivity contribution in [2.45, 2.75) is 19.3 Å². The van der Waals surface area contributed by atoms with Gasteiger partial charge in [0.2, 0.25) is 0 Å². The number of hydrogen-bond acceptors (Lipinski definition) is 4. The molecule has 1 atom stereocenters. The third kappa shape index (κ3) is 2.75. The van der Waals surface area contributed by atoms with Gasteiger partial charge in [-0.25, -0.2) is 0 Å². The molecule has 2 heterocycles. The fourth-order valence-electron chi connectivity index (χ4n) is 2.88. The molecule has 0 saturated carbocycles. The lowest BCUT2D eigenvalue weighted by Crippen LogP contribution is -2.40. The lowest BCUT2D eigenvalue weighted by atomic mass is 10.0. The molecule has 0 radical (unpaired) electrons. The number of carbonyl (C=O) groups is 1. The molecule has 2 aliphatic rings. The normalized spacial score (nSPS) is 18.3. The van der Waals surface area contributed by atoms with Crippen LogP contribution in [0.2, 0.25) is 0 Å². The van der Waals surface area contributed by atoms with Crippen molar-refractivity contribution in [3.05, 3.63) is 59.2 Å². The van der Waals surface area contributed by atoms with Crippen molar-refractivity contribution < 1.29 is 19.0 Å². The minimum atomic E-state index is -0.193. The van der Waals surface area contributed by atoms with E-state index >= 15 is 0 Å². The smallest absolute Gasteiger partial charge is 0.251 e. The highest BCUT2D eigenvalue weighted by Crippen LogP contribution is 2.30. The van der Waals surface area contributed by atoms with Gasteiger partial charge in [0.25, 0.3) is 5.91 Å². The van der Waals surface area contributed by atoms with Gasteiger partial charge in [-0.05, 0) is 29.3 Å². The summed E-state index contributed by atoms with van der Waals surface area (Å²) in [4.78, 5) is 12.4. The lowest BCUT2D eigenvalue weighted by molar-refractivity contribution is 0.0787. The first-order valence-corrected chi connectivity index (χ1v) is 7.66. The van der Waals surface area contributed by atoms with Crippen molar-refractivity contribution in [2.75, 3.05) is 13.2 Å². The highest BCUT2D eigenvalue weighted by atomic mass is 16.6. The Morgan fingerprint density at radius 1 is 1.09 bits per heavy atom. The molecule has 1 N–H and O–H groups in total. The zero-order valence-electron chi connectivity index (χ0n) is 12.6. The van der Waals surface area contributed by atoms with Crippen LogP contribution in [0.1, 0.15) is 21.5 Å². The number of carbonyl (C=O) groups excluding carboxylic acids is 1. The Kier molecular flexibility index (Phi) is 3.63. The summed E-state index contributed by atoms with van der Waals surface area (Å²) in [5, 5.41) is 2.93. The molecule has 23 heavy (non-hydrogen) atoms. The predicted octanol–water partition coefficient (Wildman–Crippen LogP) is 2.29. The van der Waals surface area contributed by atoms with E-state index in [2.05, 4.69) is 5.32 Å². The first-order chi connectivity index (χ1) is 11.3. The summed E-state index contributed by atoms with van der Waals surface area (Å²) in [6.07, 6.45) is -0.193. The summed E-state index contributed by atoms with van der Waals surface area (Å²) in [6.45, 7) is 1.90. The second-order valence-electron chi connectivity index (χ2n) is 5.64. The highest BCUT2D eigenvalue weighted by Gasteiger charge is 2.23. The summed E-state index contributed by atoms with van der Waals surface area (Å²) in [7, 11) is 0. The van der Waals surface area contributed by atoms with Gasteiger partial charge in [0.1, 0.15) is 12.7 Å². The van der Waals surface area contributed by atoms with Gasteiger partial charge in [-0.3, -0.25) is 4.79 Å². The van der Waals surface area contributed by atoms with Crippen molar-refractivity contribution in [3.8, 4) is 11.5 Å². The molecule has 0 aromatic heterocycles. The van der Waals surface area contributed by atoms with Crippen LogP contribution in [0.3, 0.4) is 0 Å². The van der Waals surface area contributed by atoms with E-state index in [1.807, 2.05) is 42.5 Å². The number of nitrogens with one attached hydrogen (secondary N) is 1. The van der Waals surface area contributed by atoms with Gasteiger partial charge >= 0.3 is 0 Å². The van der Waals surface area contributed by atoms with Crippen LogP contribution in [-0.4, -0.2) is 25.2 Å². The molecule has 0 bridgehead atoms. The maximum Gasteiger partial charge on any atom is 0.251 e. The Bertz CT molecular complexity index is 744. The van der Waals surface area contributed by atoms with Crippen LogP contribution < -0.4 is 14.8 Å². The van der Waals surface area contributed by atoms with Gasteiger partial charge in [0, 0.05) is 5.56 Å². The first kappa shape index (κ1) is 14.1. The second-order valence-corrected chi connectivity index (χ2v) is 5.64. The third-order valence-corrected chi connectivity index (χ3v) is 4.08. The molecular weight excluding hydrogens is 294 g/mol. The van der Waals surface area contributed by atoms with Crippen molar-refractivity contribution in [3.63, 3.8) is 0 Å². The summed E-state index contributed by atoms with van der Waals surface area (Å²) in [5.74, 6) is 1.36. The molecule has 118 valence electrons. The standard InChI is InChI=1S/C18H17NO4/c20-18(14-5-3-4-12-9-21-11-15(12)14)19-8-13-10-22-16-6-1-2-7-17(16)23-13/h1-7,13H,8-11H2,(H,19,20). The van der Waals surface area contributed by atoms with Crippen LogP contribution in [0.5, 0.6) is 11.5 Å². The van der Waals surface area contributed by atoms with Crippen LogP contribution in [0, 0.1) is 0 Å². The largest absolute Gasteiger partial charge is 0.486 e. The molecule has 5 heteroatoms. The monoisotopic (exact) mass is 311 g/mol. The molecule has 0 saturated heterocycles. The number of fused-ring (bicyclic) bond motifs is 2. The minimum Gasteiger partial charge on any atom is -0.486 e. The van der Waals surface area contributed by atoms with E-state index in [9.17, 15) is 4.79 Å². The molecule has 1 amide bonds. The summed E-state index contributed by atoms with van der Waals surface area (Å²) in [5.41, 5.74) is 2.75. The van der Waals surface area contributed by atoms with Crippen molar-refractivity contribution in [1.29, 1.82) is 0 Å². The number of para-hydroxylation sites is 2. The molecule has 0 spiro atoms. The average molecular weight is 311 g/mol. The van der Waals surface area contributed by atoms with E-state index in [0.29, 0.717) is 37.7 Å². The zero-order chi connectivity index (χ0) is 15.6. The molecule has 2 aromatic carbocycles. The Morgan fingerprint density at radius 3 is 2.87 bits per heavy atom. The van der Waals surface area contributed by atoms with E-state index in [0.717, 1.165) is 16.9 Å². The van der Waals surface area contributed by atoms with Gasteiger partial charge in [0.15, 0.2) is 11.5 Å². The number of rotatable bonds is 3. The Hall–Kier alpha value is -2.53. The molecule has 5 nitrogen and oxygen atoms in total. The lowest BCUT2D eigenvalue weighted by Gasteiger charge is -2.26. The second kappa shape index (κ2) is 5.93. The van der Waals surface area contributed by atoms with E-state index in [4.69, 9.17) is 14.2 Å². The van der Waals surface area contributed by atoms with Crippen LogP contribution in [0.15, 0.2) is 42.5 Å². The number of hydrogen-bond donors (Lipinski definition) is 1. The maximum atomic E-state index is 12.4. The summed E-state index contributed by atoms with van der Waals surface area (Å²) >= 11 is 0. The molecule has 1 unspecified atom stereocenters. The van der Waals surface area contributed by atoms with Crippen LogP contribution >= 0.6 is 0 Å². The molecule has 2 aromatic rings. The Labute approximate surface area is 134 Å². The van der Waals surface area contributed by atoms with Crippen LogP contribution in [0.4, 0.5) is 0 Å². The Morgan fingerprint density at radius 2 is 1.96 bits per heavy atom. The highest BCUT2D eigenvalue weighted by molar-refractivity contribution is 5.96. The summed E-state index contributed by atoms with van der Waals surface area (Å²) < 4.78 is 16.9. The third-order valence-electron chi connectivity index (χ3n) is 4.08. The van der Waals surface area contributed by atoms with Gasteiger partial charge in [-0.2, -0.15) is 0 Å². The van der Waals surface area contributed by atoms with Gasteiger partial charge in [-0.1, -0.05) is 24.3 Å². The number of ether oxygens (including phenoxy) is 3. The molecule has 0 aliphatic carbocycles. The van der Waals surface area contributed by atoms with E-state index in [1.54, 1.807) is 0 Å². The van der Waals surface area contributed by atoms with Crippen molar-refractivity contribution >= 4 is 5.91 Å². The van der Waals surface area contributed by atoms with Crippen LogP contribution in [-0.2, 0) is 18.0 Å². The number of benzene rings is 2. The quantitative estimate of drug-likeness (QED) is 0.945. The van der Waals surface area contributed by atoms with E-state index in [1.165, 1.54) is 0 Å². The minimum absolute atomic E-state index is 0.102. The maximum absolute atomic E-state index is 12.4. The number of amides is 1. The predicted molar refractivity (Wildman–Crippen MR) is 83.6 cm³/mol. The van der Waals surface area contributed by atoms with Gasteiger partial charge < -0.3 is 19.5 Å². The first-order valence-electron chi connectivity index (χ1n) is 7.66. The topological polar surface area (TPSA) is 56.8 Å². The Balaban J connectivity index is 1.41. The molecular formula is C18H17NO4. The molecule has 2 aliphatic heterocycles. The molecule has 0 fully saturated rings. The van der Waals surface area contributed by atoms with Crippen molar-refractivity contribution in [1.82, 2.24) is 5.32 Å². The zero-order valence-corrected chi connectivity index (χ0v) is 12.6. The molecule has 4 rings (SSSR count). The average Bonchev–Trinajstić information content (AvgIpc) is 3.08. The van der Waals surface area contributed by atoms with Crippen LogP contribution in [0.25, 0.3) is 0 Å².